The van der Waals surface area contributed by atoms with Crippen LogP contribution in [0.3, 0.4) is 0 Å². The Labute approximate surface area is 418 Å². The molecule has 3 nitrogen and oxygen atoms in total. The zero-order chi connectivity index (χ0) is 49.5. The van der Waals surface area contributed by atoms with Gasteiger partial charge in [-0.2, -0.15) is 0 Å². The van der Waals surface area contributed by atoms with Crippen LogP contribution < -0.4 is 25.5 Å². The second kappa shape index (κ2) is 14.5. The molecule has 2 aliphatic carbocycles. The molecule has 2 aliphatic heterocycles. The van der Waals surface area contributed by atoms with Crippen molar-refractivity contribution in [2.75, 3.05) is 9.80 Å². The van der Waals surface area contributed by atoms with Gasteiger partial charge in [0, 0.05) is 43.2 Å². The molecule has 0 spiro atoms. The fourth-order valence-electron chi connectivity index (χ4n) is 13.6. The first-order chi connectivity index (χ1) is 32.0. The van der Waals surface area contributed by atoms with E-state index in [2.05, 4.69) is 231 Å². The predicted molar refractivity (Wildman–Crippen MR) is 301 cm³/mol. The van der Waals surface area contributed by atoms with Gasteiger partial charge in [0.05, 0.1) is 11.4 Å². The molecule has 7 aromatic rings. The number of hydrogen-bond acceptors (Lipinski definition) is 4. The maximum absolute atomic E-state index is 5.80. The molecule has 0 saturated carbocycles. The average Bonchev–Trinajstić information content (AvgIpc) is 3.77. The van der Waals surface area contributed by atoms with Crippen LogP contribution in [0.2, 0.25) is 0 Å². The number of benzene rings is 5. The van der Waals surface area contributed by atoms with Crippen LogP contribution in [-0.4, -0.2) is 11.7 Å². The lowest BCUT2D eigenvalue weighted by atomic mass is 9.36. The number of aromatic nitrogens is 1. The molecule has 354 valence electrons. The molecule has 0 fully saturated rings. The maximum atomic E-state index is 5.80. The fraction of sp³-hybridized carbons (Fsp3) is 0.422. The van der Waals surface area contributed by atoms with Crippen LogP contribution in [0.5, 0.6) is 0 Å². The molecule has 4 aliphatic rings. The van der Waals surface area contributed by atoms with E-state index < -0.39 is 0 Å². The molecular formula is C64H74BN3S. The molecule has 0 amide bonds. The van der Waals surface area contributed by atoms with Crippen molar-refractivity contribution >= 4 is 78.1 Å². The molecule has 5 heteroatoms. The van der Waals surface area contributed by atoms with Crippen LogP contribution in [-0.2, 0) is 37.9 Å². The van der Waals surface area contributed by atoms with Crippen molar-refractivity contribution in [1.29, 1.82) is 0 Å². The van der Waals surface area contributed by atoms with E-state index in [-0.39, 0.29) is 44.6 Å². The molecule has 11 rings (SSSR count). The van der Waals surface area contributed by atoms with Gasteiger partial charge in [-0.1, -0.05) is 166 Å². The standard InChI is InChI=1S/C64H74BN3S/c1-37-29-52-54-57(66-37)68(50-27-23-40(59(5,6)7)30-43(50)38-19-21-39(22-20-38)58(2,3)4)55-44-31-41(60(8,9)10)24-28-53(44)69-56(55)65(54)49-33-47-48(64(17,18)36-63(47,15)16)34-51(49)67(52)42-25-26-45-46(32-42)62(13,14)35-61(45,11)12/h19-34H,35-36H2,1-18H3. The monoisotopic (exact) mass is 928 g/mol. The third-order valence-electron chi connectivity index (χ3n) is 16.8. The summed E-state index contributed by atoms with van der Waals surface area (Å²) in [4.78, 5) is 11.1. The van der Waals surface area contributed by atoms with Gasteiger partial charge in [-0.15, -0.1) is 11.3 Å². The van der Waals surface area contributed by atoms with E-state index >= 15 is 0 Å². The lowest BCUT2D eigenvalue weighted by molar-refractivity contribution is 0.403. The lowest BCUT2D eigenvalue weighted by Gasteiger charge is -2.44. The van der Waals surface area contributed by atoms with E-state index in [1.807, 2.05) is 11.3 Å². The molecule has 4 heterocycles. The van der Waals surface area contributed by atoms with Crippen LogP contribution >= 0.6 is 11.3 Å². The third-order valence-corrected chi connectivity index (χ3v) is 18.0. The quantitative estimate of drug-likeness (QED) is 0.165. The summed E-state index contributed by atoms with van der Waals surface area (Å²) in [5.74, 6) is 1.04. The van der Waals surface area contributed by atoms with E-state index in [0.29, 0.717) is 0 Å². The molecule has 69 heavy (non-hydrogen) atoms. The van der Waals surface area contributed by atoms with Crippen molar-refractivity contribution in [3.05, 3.63) is 142 Å². The molecule has 0 atom stereocenters. The molecule has 0 N–H and O–H groups in total. The van der Waals surface area contributed by atoms with Gasteiger partial charge in [0.15, 0.2) is 0 Å². The number of hydrogen-bond donors (Lipinski definition) is 0. The fourth-order valence-corrected chi connectivity index (χ4v) is 14.9. The predicted octanol–water partition coefficient (Wildman–Crippen LogP) is 16.2. The van der Waals surface area contributed by atoms with Gasteiger partial charge in [0.1, 0.15) is 5.82 Å². The highest BCUT2D eigenvalue weighted by Crippen LogP contribution is 2.56. The summed E-state index contributed by atoms with van der Waals surface area (Å²) in [5, 5.41) is 1.31. The number of pyridine rings is 1. The zero-order valence-corrected chi connectivity index (χ0v) is 45.8. The van der Waals surface area contributed by atoms with Crippen molar-refractivity contribution in [1.82, 2.24) is 4.98 Å². The second-order valence-corrected chi connectivity index (χ2v) is 28.4. The zero-order valence-electron chi connectivity index (χ0n) is 45.0. The van der Waals surface area contributed by atoms with Crippen molar-refractivity contribution in [3.63, 3.8) is 0 Å². The smallest absolute Gasteiger partial charge is 0.266 e. The minimum Gasteiger partial charge on any atom is -0.311 e. The average molecular weight is 928 g/mol. The largest absolute Gasteiger partial charge is 0.311 e. The van der Waals surface area contributed by atoms with Gasteiger partial charge in [-0.3, -0.25) is 4.90 Å². The highest BCUT2D eigenvalue weighted by atomic mass is 32.1. The molecule has 2 aromatic heterocycles. The van der Waals surface area contributed by atoms with E-state index in [0.717, 1.165) is 24.4 Å². The number of anilines is 6. The summed E-state index contributed by atoms with van der Waals surface area (Å²) in [6.07, 6.45) is 2.25. The van der Waals surface area contributed by atoms with Crippen LogP contribution in [0.15, 0.2) is 97.1 Å². The van der Waals surface area contributed by atoms with Gasteiger partial charge in [-0.05, 0) is 162 Å². The van der Waals surface area contributed by atoms with Crippen molar-refractivity contribution in [2.24, 2.45) is 0 Å². The summed E-state index contributed by atoms with van der Waals surface area (Å²) in [7, 11) is 0. The van der Waals surface area contributed by atoms with Crippen LogP contribution in [0.1, 0.15) is 175 Å². The number of rotatable bonds is 3. The van der Waals surface area contributed by atoms with E-state index in [1.165, 1.54) is 104 Å². The van der Waals surface area contributed by atoms with Crippen LogP contribution in [0.4, 0.5) is 34.3 Å². The minimum atomic E-state index is -0.0410. The molecular weight excluding hydrogens is 854 g/mol. The normalized spacial score (nSPS) is 18.3. The Morgan fingerprint density at radius 1 is 0.522 bits per heavy atom. The summed E-state index contributed by atoms with van der Waals surface area (Å²) in [6.45, 7) is 42.8. The van der Waals surface area contributed by atoms with Crippen molar-refractivity contribution < 1.29 is 0 Å². The Balaban J connectivity index is 1.27. The summed E-state index contributed by atoms with van der Waals surface area (Å²) < 4.78 is 2.72. The van der Waals surface area contributed by atoms with E-state index in [9.17, 15) is 0 Å². The Kier molecular flexibility index (Phi) is 9.72. The Morgan fingerprint density at radius 3 is 1.70 bits per heavy atom. The van der Waals surface area contributed by atoms with Crippen molar-refractivity contribution in [2.45, 2.75) is 175 Å². The van der Waals surface area contributed by atoms with Gasteiger partial charge < -0.3 is 4.90 Å². The van der Waals surface area contributed by atoms with Crippen molar-refractivity contribution in [3.8, 4) is 11.1 Å². The van der Waals surface area contributed by atoms with Crippen LogP contribution in [0, 0.1) is 6.92 Å². The highest BCUT2D eigenvalue weighted by Gasteiger charge is 2.50. The first kappa shape index (κ1) is 46.3. The summed E-state index contributed by atoms with van der Waals surface area (Å²) >= 11 is 2.00. The SMILES string of the molecule is Cc1cc2c3c(n1)N(c1ccc(C(C)(C)C)cc1-c1ccc(C(C)(C)C)cc1)c1c(sc4ccc(C(C)(C)C)cc14)B3c1cc3c(cc1N2c1ccc2c(c1)C(C)(C)CC2(C)C)C(C)(C)CC3(C)C. The van der Waals surface area contributed by atoms with Gasteiger partial charge in [0.2, 0.25) is 0 Å². The Morgan fingerprint density at radius 2 is 1.07 bits per heavy atom. The molecule has 0 unspecified atom stereocenters. The van der Waals surface area contributed by atoms with E-state index in [1.54, 1.807) is 0 Å². The Bertz CT molecular complexity index is 3300. The molecule has 0 radical (unpaired) electrons. The molecule has 0 bridgehead atoms. The first-order valence-corrected chi connectivity index (χ1v) is 26.6. The number of fused-ring (bicyclic) bond motifs is 8. The van der Waals surface area contributed by atoms with Crippen LogP contribution in [0.25, 0.3) is 21.2 Å². The maximum Gasteiger partial charge on any atom is 0.266 e. The summed E-state index contributed by atoms with van der Waals surface area (Å²) in [5.41, 5.74) is 22.6. The number of aryl methyl sites for hydroxylation is 1. The van der Waals surface area contributed by atoms with Gasteiger partial charge in [0.25, 0.3) is 6.71 Å². The van der Waals surface area contributed by atoms with Gasteiger partial charge >= 0.3 is 0 Å². The third kappa shape index (κ3) is 7.04. The topological polar surface area (TPSA) is 19.4 Å². The lowest BCUT2D eigenvalue weighted by Crippen LogP contribution is -2.61. The number of nitrogens with zero attached hydrogens (tertiary/aromatic N) is 3. The Hall–Kier alpha value is -5.13. The minimum absolute atomic E-state index is 0.00549. The molecule has 0 saturated heterocycles. The second-order valence-electron chi connectivity index (χ2n) is 27.3. The first-order valence-electron chi connectivity index (χ1n) is 25.7. The van der Waals surface area contributed by atoms with E-state index in [4.69, 9.17) is 4.98 Å². The number of thiophene rings is 1. The highest BCUT2D eigenvalue weighted by molar-refractivity contribution is 7.33. The summed E-state index contributed by atoms with van der Waals surface area (Å²) in [6, 6.07) is 39.1. The molecule has 5 aromatic carbocycles. The van der Waals surface area contributed by atoms with Gasteiger partial charge in [-0.25, -0.2) is 4.98 Å².